The van der Waals surface area contributed by atoms with E-state index in [0.717, 1.165) is 5.56 Å². The maximum absolute atomic E-state index is 10.6. The largest absolute Gasteiger partial charge is 0.442 e. The molecule has 1 amide bonds. The second-order valence-electron chi connectivity index (χ2n) is 2.87. The molecule has 0 bridgehead atoms. The highest BCUT2D eigenvalue weighted by molar-refractivity contribution is 6.04. The van der Waals surface area contributed by atoms with Crippen LogP contribution < -0.4 is 11.2 Å². The first-order valence-electron chi connectivity index (χ1n) is 4.11. The Morgan fingerprint density at radius 3 is 3.00 bits per heavy atom. The Bertz CT molecular complexity index is 401. The zero-order valence-electron chi connectivity index (χ0n) is 7.36. The number of hydrazone groups is 1. The number of carbonyl (C=O) groups excluding carboxylic acids is 1. The van der Waals surface area contributed by atoms with E-state index >= 15 is 0 Å². The van der Waals surface area contributed by atoms with Crippen LogP contribution in [-0.2, 0) is 4.74 Å². The van der Waals surface area contributed by atoms with Crippen LogP contribution in [0.1, 0.15) is 5.56 Å². The van der Waals surface area contributed by atoms with Gasteiger partial charge >= 0.3 is 6.09 Å². The number of anilines is 1. The molecule has 0 aromatic heterocycles. The van der Waals surface area contributed by atoms with Crippen molar-refractivity contribution >= 4 is 17.5 Å². The van der Waals surface area contributed by atoms with Crippen LogP contribution in [0.3, 0.4) is 0 Å². The number of benzene rings is 1. The molecule has 1 aliphatic heterocycles. The van der Waals surface area contributed by atoms with Gasteiger partial charge in [0.2, 0.25) is 0 Å². The number of nitrogen functional groups attached to an aromatic ring is 1. The number of rotatable bonds is 1. The number of nitrogens with two attached hydrogens (primary N) is 1. The Hall–Kier alpha value is -2.04. The number of carbonyl (C=O) groups is 1. The highest BCUT2D eigenvalue weighted by atomic mass is 16.6. The molecule has 1 aromatic rings. The standard InChI is InChI=1S/C9H9N3O2/c10-7-3-1-2-6(4-7)8-5-14-9(13)12-11-8/h1-4H,5,10H2,(H,12,13). The summed E-state index contributed by atoms with van der Waals surface area (Å²) in [6.45, 7) is 0.176. The fraction of sp³-hybridized carbons (Fsp3) is 0.111. The third-order valence-electron chi connectivity index (χ3n) is 1.84. The van der Waals surface area contributed by atoms with Crippen LogP contribution in [0, 0.1) is 0 Å². The SMILES string of the molecule is Nc1cccc(C2=NNC(=O)OC2)c1. The lowest BCUT2D eigenvalue weighted by atomic mass is 10.1. The molecule has 14 heavy (non-hydrogen) atoms. The van der Waals surface area contributed by atoms with Gasteiger partial charge in [0, 0.05) is 11.3 Å². The van der Waals surface area contributed by atoms with Crippen molar-refractivity contribution in [3.63, 3.8) is 0 Å². The van der Waals surface area contributed by atoms with Crippen LogP contribution in [0.25, 0.3) is 0 Å². The summed E-state index contributed by atoms with van der Waals surface area (Å²) in [6.07, 6.45) is -0.530. The molecule has 1 aliphatic rings. The second-order valence-corrected chi connectivity index (χ2v) is 2.87. The van der Waals surface area contributed by atoms with Gasteiger partial charge in [-0.1, -0.05) is 12.1 Å². The zero-order chi connectivity index (χ0) is 9.97. The number of nitrogens with zero attached hydrogens (tertiary/aromatic N) is 1. The van der Waals surface area contributed by atoms with Crippen molar-refractivity contribution in [2.75, 3.05) is 12.3 Å². The normalized spacial score (nSPS) is 15.4. The Balaban J connectivity index is 2.27. The molecule has 0 saturated heterocycles. The molecule has 72 valence electrons. The summed E-state index contributed by atoms with van der Waals surface area (Å²) in [5.41, 5.74) is 10.0. The van der Waals surface area contributed by atoms with Gasteiger partial charge in [-0.25, -0.2) is 10.2 Å². The molecular formula is C9H9N3O2. The summed E-state index contributed by atoms with van der Waals surface area (Å²) < 4.78 is 4.76. The van der Waals surface area contributed by atoms with E-state index in [2.05, 4.69) is 10.5 Å². The highest BCUT2D eigenvalue weighted by Gasteiger charge is 2.13. The molecule has 5 nitrogen and oxygen atoms in total. The Morgan fingerprint density at radius 2 is 2.36 bits per heavy atom. The number of hydrogen-bond acceptors (Lipinski definition) is 4. The highest BCUT2D eigenvalue weighted by Crippen LogP contribution is 2.09. The maximum Gasteiger partial charge on any atom is 0.428 e. The third-order valence-corrected chi connectivity index (χ3v) is 1.84. The van der Waals surface area contributed by atoms with Gasteiger partial charge < -0.3 is 10.5 Å². The molecule has 0 saturated carbocycles. The predicted molar refractivity (Wildman–Crippen MR) is 51.9 cm³/mol. The summed E-state index contributed by atoms with van der Waals surface area (Å²) in [4.78, 5) is 10.6. The molecule has 1 heterocycles. The minimum Gasteiger partial charge on any atom is -0.442 e. The van der Waals surface area contributed by atoms with Crippen molar-refractivity contribution in [1.29, 1.82) is 0 Å². The average Bonchev–Trinajstić information content (AvgIpc) is 2.19. The Labute approximate surface area is 80.6 Å². The minimum absolute atomic E-state index is 0.176. The van der Waals surface area contributed by atoms with Crippen LogP contribution in [0.5, 0.6) is 0 Å². The first kappa shape index (κ1) is 8.55. The summed E-state index contributed by atoms with van der Waals surface area (Å²) in [7, 11) is 0. The number of nitrogens with one attached hydrogen (secondary N) is 1. The van der Waals surface area contributed by atoms with E-state index in [9.17, 15) is 4.79 Å². The van der Waals surface area contributed by atoms with Gasteiger partial charge in [-0.2, -0.15) is 5.10 Å². The van der Waals surface area contributed by atoms with Crippen molar-refractivity contribution in [2.45, 2.75) is 0 Å². The monoisotopic (exact) mass is 191 g/mol. The van der Waals surface area contributed by atoms with E-state index in [4.69, 9.17) is 10.5 Å². The molecule has 0 radical (unpaired) electrons. The lowest BCUT2D eigenvalue weighted by Gasteiger charge is -2.13. The van der Waals surface area contributed by atoms with Gasteiger partial charge in [0.25, 0.3) is 0 Å². The second kappa shape index (κ2) is 3.37. The molecule has 0 spiro atoms. The smallest absolute Gasteiger partial charge is 0.428 e. The maximum atomic E-state index is 10.6. The molecule has 2 rings (SSSR count). The van der Waals surface area contributed by atoms with Gasteiger partial charge in [-0.05, 0) is 12.1 Å². The predicted octanol–water partition coefficient (Wildman–Crippen LogP) is 0.713. The number of amides is 1. The Morgan fingerprint density at radius 1 is 1.50 bits per heavy atom. The van der Waals surface area contributed by atoms with Crippen LogP contribution in [0.2, 0.25) is 0 Å². The van der Waals surface area contributed by atoms with E-state index in [0.29, 0.717) is 11.4 Å². The van der Waals surface area contributed by atoms with Crippen LogP contribution in [0.15, 0.2) is 29.4 Å². The van der Waals surface area contributed by atoms with E-state index in [1.54, 1.807) is 12.1 Å². The van der Waals surface area contributed by atoms with Crippen molar-refractivity contribution in [2.24, 2.45) is 5.10 Å². The van der Waals surface area contributed by atoms with Gasteiger partial charge in [-0.15, -0.1) is 0 Å². The first-order valence-corrected chi connectivity index (χ1v) is 4.11. The quantitative estimate of drug-likeness (QED) is 0.642. The zero-order valence-corrected chi connectivity index (χ0v) is 7.36. The van der Waals surface area contributed by atoms with Crippen molar-refractivity contribution < 1.29 is 9.53 Å². The molecule has 0 atom stereocenters. The van der Waals surface area contributed by atoms with E-state index < -0.39 is 6.09 Å². The molecule has 0 unspecified atom stereocenters. The van der Waals surface area contributed by atoms with E-state index in [1.807, 2.05) is 12.1 Å². The van der Waals surface area contributed by atoms with Crippen molar-refractivity contribution in [1.82, 2.24) is 5.43 Å². The van der Waals surface area contributed by atoms with Crippen LogP contribution >= 0.6 is 0 Å². The summed E-state index contributed by atoms with van der Waals surface area (Å²) in [5.74, 6) is 0. The summed E-state index contributed by atoms with van der Waals surface area (Å²) in [6, 6.07) is 7.24. The lowest BCUT2D eigenvalue weighted by Crippen LogP contribution is -2.30. The Kier molecular flexibility index (Phi) is 2.06. The van der Waals surface area contributed by atoms with Crippen LogP contribution in [-0.4, -0.2) is 18.4 Å². The molecule has 3 N–H and O–H groups in total. The van der Waals surface area contributed by atoms with Crippen LogP contribution in [0.4, 0.5) is 10.5 Å². The van der Waals surface area contributed by atoms with Gasteiger partial charge in [0.15, 0.2) is 0 Å². The molecule has 0 aliphatic carbocycles. The fourth-order valence-electron chi connectivity index (χ4n) is 1.18. The van der Waals surface area contributed by atoms with E-state index in [1.165, 1.54) is 0 Å². The third kappa shape index (κ3) is 1.66. The average molecular weight is 191 g/mol. The van der Waals surface area contributed by atoms with E-state index in [-0.39, 0.29) is 6.61 Å². The summed E-state index contributed by atoms with van der Waals surface area (Å²) in [5, 5.41) is 3.86. The van der Waals surface area contributed by atoms with Gasteiger partial charge in [-0.3, -0.25) is 0 Å². The number of ether oxygens (including phenoxy) is 1. The topological polar surface area (TPSA) is 76.7 Å². The fourth-order valence-corrected chi connectivity index (χ4v) is 1.18. The van der Waals surface area contributed by atoms with Crippen molar-refractivity contribution in [3.05, 3.63) is 29.8 Å². The van der Waals surface area contributed by atoms with Crippen molar-refractivity contribution in [3.8, 4) is 0 Å². The summed E-state index contributed by atoms with van der Waals surface area (Å²) >= 11 is 0. The first-order chi connectivity index (χ1) is 6.75. The molecule has 1 aromatic carbocycles. The molecular weight excluding hydrogens is 182 g/mol. The molecule has 5 heteroatoms. The number of cyclic esters (lactones) is 1. The minimum atomic E-state index is -0.530. The molecule has 0 fully saturated rings. The number of hydrogen-bond donors (Lipinski definition) is 2. The van der Waals surface area contributed by atoms with Gasteiger partial charge in [0.1, 0.15) is 12.3 Å². The lowest BCUT2D eigenvalue weighted by molar-refractivity contribution is 0.157. The van der Waals surface area contributed by atoms with Gasteiger partial charge in [0.05, 0.1) is 0 Å².